The van der Waals surface area contributed by atoms with Crippen LogP contribution in [0.4, 0.5) is 13.2 Å². The Morgan fingerprint density at radius 2 is 1.94 bits per heavy atom. The normalized spacial score (nSPS) is 22.0. The molecule has 14 heteroatoms. The van der Waals surface area contributed by atoms with Crippen molar-refractivity contribution < 1.29 is 43.7 Å². The van der Waals surface area contributed by atoms with Gasteiger partial charge in [0.25, 0.3) is 5.88 Å². The smallest absolute Gasteiger partial charge is 0.372 e. The number of halogens is 3. The van der Waals surface area contributed by atoms with Gasteiger partial charge in [-0.3, -0.25) is 0 Å². The fourth-order valence-corrected chi connectivity index (χ4v) is 5.94. The standard InChI is InChI=1S/C20H25F3N2O7S2/c1-4-33(26,27)32-18-11-16(25(24-18)13-30-3)17-12-19(2,8-9-31-17)34(28,29)15-7-5-6-14(10-15)20(21,22)23/h5-7,10-11,17H,4,8-9,12-13H2,1-3H3. The maximum Gasteiger partial charge on any atom is 0.416 e. The van der Waals surface area contributed by atoms with Crippen molar-refractivity contribution in [2.75, 3.05) is 19.5 Å². The van der Waals surface area contributed by atoms with Crippen molar-refractivity contribution in [1.29, 1.82) is 0 Å². The van der Waals surface area contributed by atoms with Crippen LogP contribution in [0.3, 0.4) is 0 Å². The summed E-state index contributed by atoms with van der Waals surface area (Å²) in [5.41, 5.74) is -0.744. The number of nitrogens with zero attached hydrogens (tertiary/aromatic N) is 2. The Bertz CT molecular complexity index is 1240. The molecule has 1 aromatic heterocycles. The zero-order valence-corrected chi connectivity index (χ0v) is 20.3. The molecule has 0 aliphatic carbocycles. The Morgan fingerprint density at radius 3 is 2.56 bits per heavy atom. The minimum Gasteiger partial charge on any atom is -0.372 e. The minimum absolute atomic E-state index is 0.000962. The third kappa shape index (κ3) is 5.39. The molecule has 0 saturated carbocycles. The summed E-state index contributed by atoms with van der Waals surface area (Å²) in [6.45, 7) is 2.76. The molecule has 34 heavy (non-hydrogen) atoms. The molecule has 1 aliphatic rings. The molecule has 0 radical (unpaired) electrons. The number of benzene rings is 1. The molecule has 3 rings (SSSR count). The molecule has 0 N–H and O–H groups in total. The first-order valence-corrected chi connectivity index (χ1v) is 13.3. The Balaban J connectivity index is 1.96. The molecular formula is C20H25F3N2O7S2. The molecule has 2 atom stereocenters. The van der Waals surface area contributed by atoms with Crippen LogP contribution in [0.5, 0.6) is 5.88 Å². The fourth-order valence-electron chi connectivity index (χ4n) is 3.65. The van der Waals surface area contributed by atoms with Crippen LogP contribution in [-0.2, 0) is 42.3 Å². The summed E-state index contributed by atoms with van der Waals surface area (Å²) >= 11 is 0. The van der Waals surface area contributed by atoms with Crippen molar-refractivity contribution in [2.45, 2.75) is 55.3 Å². The molecule has 2 unspecified atom stereocenters. The summed E-state index contributed by atoms with van der Waals surface area (Å²) < 4.78 is 106. The fraction of sp³-hybridized carbons (Fsp3) is 0.550. The molecule has 2 aromatic rings. The van der Waals surface area contributed by atoms with Gasteiger partial charge < -0.3 is 13.7 Å². The van der Waals surface area contributed by atoms with Gasteiger partial charge in [-0.25, -0.2) is 13.1 Å². The molecular weight excluding hydrogens is 501 g/mol. The first-order chi connectivity index (χ1) is 15.7. The van der Waals surface area contributed by atoms with Gasteiger partial charge in [0.05, 0.1) is 26.7 Å². The summed E-state index contributed by atoms with van der Waals surface area (Å²) in [6.07, 6.45) is -5.61. The first kappa shape index (κ1) is 26.4. The molecule has 0 spiro atoms. The summed E-state index contributed by atoms with van der Waals surface area (Å²) in [5, 5.41) is 4.05. The predicted molar refractivity (Wildman–Crippen MR) is 114 cm³/mol. The van der Waals surface area contributed by atoms with E-state index in [4.69, 9.17) is 13.7 Å². The van der Waals surface area contributed by atoms with Crippen LogP contribution >= 0.6 is 0 Å². The zero-order chi connectivity index (χ0) is 25.4. The molecule has 0 amide bonds. The van der Waals surface area contributed by atoms with E-state index in [0.29, 0.717) is 11.8 Å². The van der Waals surface area contributed by atoms with Crippen LogP contribution in [0.25, 0.3) is 0 Å². The Hall–Kier alpha value is -2.16. The number of rotatable bonds is 8. The van der Waals surface area contributed by atoms with Crippen molar-refractivity contribution in [3.63, 3.8) is 0 Å². The van der Waals surface area contributed by atoms with Crippen LogP contribution < -0.4 is 4.18 Å². The number of alkyl halides is 3. The number of sulfone groups is 1. The van der Waals surface area contributed by atoms with E-state index in [2.05, 4.69) is 5.10 Å². The number of ether oxygens (including phenoxy) is 2. The second-order valence-corrected chi connectivity index (χ2v) is 12.4. The Morgan fingerprint density at radius 1 is 1.24 bits per heavy atom. The monoisotopic (exact) mass is 526 g/mol. The van der Waals surface area contributed by atoms with Crippen LogP contribution in [0.1, 0.15) is 44.1 Å². The topological polar surface area (TPSA) is 114 Å². The van der Waals surface area contributed by atoms with Crippen LogP contribution in [0.15, 0.2) is 35.2 Å². The quantitative estimate of drug-likeness (QED) is 0.482. The molecule has 1 aromatic carbocycles. The molecule has 9 nitrogen and oxygen atoms in total. The Kier molecular flexibility index (Phi) is 7.37. The van der Waals surface area contributed by atoms with E-state index in [-0.39, 0.29) is 37.8 Å². The van der Waals surface area contributed by atoms with E-state index < -0.39 is 47.4 Å². The van der Waals surface area contributed by atoms with Gasteiger partial charge >= 0.3 is 16.3 Å². The van der Waals surface area contributed by atoms with E-state index in [9.17, 15) is 30.0 Å². The van der Waals surface area contributed by atoms with Gasteiger partial charge in [-0.15, -0.1) is 5.10 Å². The minimum atomic E-state index is -4.69. The number of methoxy groups -OCH3 is 1. The second kappa shape index (κ2) is 9.47. The lowest BCUT2D eigenvalue weighted by Crippen LogP contribution is -2.42. The molecule has 2 heterocycles. The van der Waals surface area contributed by atoms with Crippen molar-refractivity contribution in [1.82, 2.24) is 9.78 Å². The highest BCUT2D eigenvalue weighted by Crippen LogP contribution is 2.43. The SMILES string of the molecule is CCS(=O)(=O)Oc1cc(C2CC(C)(S(=O)(=O)c3cccc(C(F)(F)F)c3)CCO2)n(COC)n1. The largest absolute Gasteiger partial charge is 0.416 e. The highest BCUT2D eigenvalue weighted by molar-refractivity contribution is 7.92. The van der Waals surface area contributed by atoms with Gasteiger partial charge in [-0.1, -0.05) is 6.07 Å². The van der Waals surface area contributed by atoms with E-state index >= 15 is 0 Å². The zero-order valence-electron chi connectivity index (χ0n) is 18.7. The van der Waals surface area contributed by atoms with Gasteiger partial charge in [0.2, 0.25) is 0 Å². The average Bonchev–Trinajstić information content (AvgIpc) is 3.15. The van der Waals surface area contributed by atoms with Crippen molar-refractivity contribution >= 4 is 20.0 Å². The van der Waals surface area contributed by atoms with Crippen LogP contribution in [0.2, 0.25) is 0 Å². The lowest BCUT2D eigenvalue weighted by Gasteiger charge is -2.37. The number of hydrogen-bond acceptors (Lipinski definition) is 8. The third-order valence-corrected chi connectivity index (χ3v) is 9.30. The van der Waals surface area contributed by atoms with Crippen molar-refractivity contribution in [2.24, 2.45) is 0 Å². The second-order valence-electron chi connectivity index (χ2n) is 8.05. The number of aromatic nitrogens is 2. The molecule has 190 valence electrons. The highest BCUT2D eigenvalue weighted by Gasteiger charge is 2.46. The summed E-state index contributed by atoms with van der Waals surface area (Å²) in [4.78, 5) is -0.436. The van der Waals surface area contributed by atoms with Crippen LogP contribution in [-0.4, -0.2) is 50.8 Å². The summed E-state index contributed by atoms with van der Waals surface area (Å²) in [6, 6.07) is 4.95. The average molecular weight is 527 g/mol. The first-order valence-electron chi connectivity index (χ1n) is 10.2. The van der Waals surface area contributed by atoms with Crippen molar-refractivity contribution in [3.05, 3.63) is 41.6 Å². The van der Waals surface area contributed by atoms with Gasteiger partial charge in [-0.05, 0) is 44.9 Å². The van der Waals surface area contributed by atoms with Gasteiger partial charge in [0.15, 0.2) is 9.84 Å². The highest BCUT2D eigenvalue weighted by atomic mass is 32.2. The molecule has 1 saturated heterocycles. The lowest BCUT2D eigenvalue weighted by atomic mass is 9.95. The molecule has 0 bridgehead atoms. The predicted octanol–water partition coefficient (Wildman–Crippen LogP) is 3.32. The van der Waals surface area contributed by atoms with E-state index in [0.717, 1.165) is 18.2 Å². The van der Waals surface area contributed by atoms with E-state index in [1.165, 1.54) is 31.7 Å². The lowest BCUT2D eigenvalue weighted by molar-refractivity contribution is -0.137. The van der Waals surface area contributed by atoms with E-state index in [1.54, 1.807) is 0 Å². The van der Waals surface area contributed by atoms with E-state index in [1.807, 2.05) is 0 Å². The molecule has 1 aliphatic heterocycles. The van der Waals surface area contributed by atoms with Crippen LogP contribution in [0, 0.1) is 0 Å². The summed E-state index contributed by atoms with van der Waals surface area (Å²) in [7, 11) is -6.68. The Labute approximate surface area is 195 Å². The number of hydrogen-bond donors (Lipinski definition) is 0. The maximum atomic E-state index is 13.4. The summed E-state index contributed by atoms with van der Waals surface area (Å²) in [5.74, 6) is -0.516. The van der Waals surface area contributed by atoms with Gasteiger partial charge in [-0.2, -0.15) is 21.6 Å². The van der Waals surface area contributed by atoms with Gasteiger partial charge in [0.1, 0.15) is 12.8 Å². The van der Waals surface area contributed by atoms with Gasteiger partial charge in [0, 0.05) is 19.8 Å². The maximum absolute atomic E-state index is 13.4. The third-order valence-electron chi connectivity index (χ3n) is 5.62. The molecule has 1 fully saturated rings. The van der Waals surface area contributed by atoms with Crippen molar-refractivity contribution in [3.8, 4) is 5.88 Å².